The summed E-state index contributed by atoms with van der Waals surface area (Å²) in [5.74, 6) is 0.649. The molecule has 1 heterocycles. The number of furan rings is 1. The predicted octanol–water partition coefficient (Wildman–Crippen LogP) is 3.20. The van der Waals surface area contributed by atoms with Gasteiger partial charge in [0.25, 0.3) is 5.91 Å². The van der Waals surface area contributed by atoms with Crippen LogP contribution in [-0.2, 0) is 4.79 Å². The third-order valence-electron chi connectivity index (χ3n) is 3.01. The lowest BCUT2D eigenvalue weighted by atomic mass is 10.2. The van der Waals surface area contributed by atoms with E-state index in [1.165, 1.54) is 6.08 Å². The second kappa shape index (κ2) is 6.64. The lowest BCUT2D eigenvalue weighted by molar-refractivity contribution is -0.112. The first-order valence-electron chi connectivity index (χ1n) is 6.76. The van der Waals surface area contributed by atoms with Crippen molar-refractivity contribution in [2.75, 3.05) is 24.3 Å². The summed E-state index contributed by atoms with van der Waals surface area (Å²) in [4.78, 5) is 13.9. The summed E-state index contributed by atoms with van der Waals surface area (Å²) in [6, 6.07) is 12.7. The third-order valence-corrected chi connectivity index (χ3v) is 3.01. The number of carbonyl (C=O) groups is 1. The van der Waals surface area contributed by atoms with Gasteiger partial charge < -0.3 is 14.6 Å². The number of benzene rings is 1. The Labute approximate surface area is 129 Å². The van der Waals surface area contributed by atoms with Crippen LogP contribution in [-0.4, -0.2) is 20.0 Å². The van der Waals surface area contributed by atoms with Crippen LogP contribution >= 0.6 is 0 Å². The van der Waals surface area contributed by atoms with Gasteiger partial charge in [-0.3, -0.25) is 4.79 Å². The number of hydrogen-bond acceptors (Lipinski definition) is 4. The van der Waals surface area contributed by atoms with E-state index < -0.39 is 5.91 Å². The molecule has 0 atom stereocenters. The average Bonchev–Trinajstić information content (AvgIpc) is 2.96. The van der Waals surface area contributed by atoms with E-state index in [4.69, 9.17) is 9.68 Å². The van der Waals surface area contributed by atoms with Crippen molar-refractivity contribution in [2.24, 2.45) is 0 Å². The first-order chi connectivity index (χ1) is 10.5. The zero-order chi connectivity index (χ0) is 16.1. The van der Waals surface area contributed by atoms with Crippen molar-refractivity contribution >= 4 is 23.6 Å². The normalized spacial score (nSPS) is 10.9. The van der Waals surface area contributed by atoms with Crippen LogP contribution < -0.4 is 10.2 Å². The van der Waals surface area contributed by atoms with Crippen molar-refractivity contribution < 1.29 is 9.21 Å². The molecule has 0 aliphatic carbocycles. The molecule has 0 spiro atoms. The number of amides is 1. The molecule has 0 aliphatic rings. The van der Waals surface area contributed by atoms with Crippen LogP contribution in [0, 0.1) is 18.3 Å². The first kappa shape index (κ1) is 15.4. The van der Waals surface area contributed by atoms with Gasteiger partial charge in [0.2, 0.25) is 0 Å². The highest BCUT2D eigenvalue weighted by Gasteiger charge is 2.11. The van der Waals surface area contributed by atoms with Crippen LogP contribution in [0.2, 0.25) is 0 Å². The fraction of sp³-hybridized carbons (Fsp3) is 0.176. The van der Waals surface area contributed by atoms with E-state index in [-0.39, 0.29) is 5.57 Å². The Morgan fingerprint density at radius 3 is 2.45 bits per heavy atom. The van der Waals surface area contributed by atoms with Gasteiger partial charge in [-0.2, -0.15) is 5.26 Å². The summed E-state index contributed by atoms with van der Waals surface area (Å²) in [5.41, 5.74) is 1.73. The highest BCUT2D eigenvalue weighted by atomic mass is 16.4. The van der Waals surface area contributed by atoms with E-state index in [2.05, 4.69) is 5.32 Å². The minimum atomic E-state index is -0.464. The molecule has 2 aromatic rings. The van der Waals surface area contributed by atoms with E-state index in [1.54, 1.807) is 29.2 Å². The van der Waals surface area contributed by atoms with Crippen LogP contribution in [0.5, 0.6) is 0 Å². The molecule has 5 nitrogen and oxygen atoms in total. The molecular formula is C17H17N3O2. The monoisotopic (exact) mass is 295 g/mol. The standard InChI is InChI=1S/C17H17N3O2/c1-12-4-6-14(7-5-12)19-17(21)13(11-18)10-15-8-9-16(22-15)20(2)3/h4-10H,1-3H3,(H,19,21)/b13-10+. The first-order valence-corrected chi connectivity index (χ1v) is 6.76. The molecule has 0 radical (unpaired) electrons. The van der Waals surface area contributed by atoms with E-state index in [0.717, 1.165) is 5.56 Å². The van der Waals surface area contributed by atoms with Crippen LogP contribution in [0.1, 0.15) is 11.3 Å². The number of hydrogen-bond donors (Lipinski definition) is 1. The van der Waals surface area contributed by atoms with Crippen molar-refractivity contribution in [1.82, 2.24) is 0 Å². The van der Waals surface area contributed by atoms with Crippen molar-refractivity contribution in [1.29, 1.82) is 5.26 Å². The number of nitrogens with one attached hydrogen (secondary N) is 1. The number of carbonyl (C=O) groups excluding carboxylic acids is 1. The molecule has 0 aliphatic heterocycles. The van der Waals surface area contributed by atoms with E-state index in [1.807, 2.05) is 39.2 Å². The minimum absolute atomic E-state index is 0.0137. The molecule has 1 N–H and O–H groups in total. The fourth-order valence-electron chi connectivity index (χ4n) is 1.79. The maximum absolute atomic E-state index is 12.1. The highest BCUT2D eigenvalue weighted by Crippen LogP contribution is 2.19. The molecule has 0 bridgehead atoms. The van der Waals surface area contributed by atoms with Gasteiger partial charge in [-0.05, 0) is 25.1 Å². The zero-order valence-corrected chi connectivity index (χ0v) is 12.8. The van der Waals surface area contributed by atoms with Gasteiger partial charge in [0, 0.05) is 31.9 Å². The van der Waals surface area contributed by atoms with Gasteiger partial charge in [-0.1, -0.05) is 17.7 Å². The van der Waals surface area contributed by atoms with Crippen LogP contribution in [0.3, 0.4) is 0 Å². The maximum atomic E-state index is 12.1. The van der Waals surface area contributed by atoms with E-state index >= 15 is 0 Å². The lowest BCUT2D eigenvalue weighted by Crippen LogP contribution is -2.13. The van der Waals surface area contributed by atoms with E-state index in [9.17, 15) is 4.79 Å². The Balaban J connectivity index is 2.16. The summed E-state index contributed by atoms with van der Waals surface area (Å²) in [6.07, 6.45) is 1.43. The number of aryl methyl sites for hydroxylation is 1. The van der Waals surface area contributed by atoms with Crippen molar-refractivity contribution in [3.05, 3.63) is 53.3 Å². The summed E-state index contributed by atoms with van der Waals surface area (Å²) < 4.78 is 5.51. The van der Waals surface area contributed by atoms with Crippen LogP contribution in [0.25, 0.3) is 6.08 Å². The van der Waals surface area contributed by atoms with Gasteiger partial charge in [-0.25, -0.2) is 0 Å². The topological polar surface area (TPSA) is 69.3 Å². The largest absolute Gasteiger partial charge is 0.441 e. The second-order valence-electron chi connectivity index (χ2n) is 5.06. The van der Waals surface area contributed by atoms with Crippen molar-refractivity contribution in [2.45, 2.75) is 6.92 Å². The van der Waals surface area contributed by atoms with Gasteiger partial charge in [0.05, 0.1) is 0 Å². The average molecular weight is 295 g/mol. The van der Waals surface area contributed by atoms with Crippen LogP contribution in [0.4, 0.5) is 11.6 Å². The molecule has 22 heavy (non-hydrogen) atoms. The summed E-state index contributed by atoms with van der Waals surface area (Å²) >= 11 is 0. The fourth-order valence-corrected chi connectivity index (χ4v) is 1.79. The molecule has 1 aromatic carbocycles. The number of rotatable bonds is 4. The number of nitrogens with zero attached hydrogens (tertiary/aromatic N) is 2. The Kier molecular flexibility index (Phi) is 4.64. The molecule has 0 unspecified atom stereocenters. The third kappa shape index (κ3) is 3.76. The molecule has 0 saturated heterocycles. The molecule has 1 amide bonds. The van der Waals surface area contributed by atoms with E-state index in [0.29, 0.717) is 17.3 Å². The summed E-state index contributed by atoms with van der Waals surface area (Å²) in [7, 11) is 3.70. The van der Waals surface area contributed by atoms with Crippen molar-refractivity contribution in [3.8, 4) is 6.07 Å². The Hall–Kier alpha value is -3.00. The summed E-state index contributed by atoms with van der Waals surface area (Å²) in [5, 5.41) is 11.9. The highest BCUT2D eigenvalue weighted by molar-refractivity contribution is 6.09. The maximum Gasteiger partial charge on any atom is 0.266 e. The Morgan fingerprint density at radius 2 is 1.91 bits per heavy atom. The smallest absolute Gasteiger partial charge is 0.266 e. The molecule has 0 saturated carbocycles. The second-order valence-corrected chi connectivity index (χ2v) is 5.06. The van der Waals surface area contributed by atoms with Crippen molar-refractivity contribution in [3.63, 3.8) is 0 Å². The molecule has 112 valence electrons. The minimum Gasteiger partial charge on any atom is -0.441 e. The number of nitriles is 1. The molecular weight excluding hydrogens is 278 g/mol. The quantitative estimate of drug-likeness (QED) is 0.694. The Bertz CT molecular complexity index is 734. The molecule has 5 heteroatoms. The van der Waals surface area contributed by atoms with Gasteiger partial charge in [0.15, 0.2) is 5.88 Å². The summed E-state index contributed by atoms with van der Waals surface area (Å²) in [6.45, 7) is 1.96. The Morgan fingerprint density at radius 1 is 1.23 bits per heavy atom. The van der Waals surface area contributed by atoms with Crippen LogP contribution in [0.15, 0.2) is 46.4 Å². The molecule has 1 aromatic heterocycles. The molecule has 2 rings (SSSR count). The van der Waals surface area contributed by atoms with Gasteiger partial charge in [0.1, 0.15) is 17.4 Å². The number of anilines is 2. The lowest BCUT2D eigenvalue weighted by Gasteiger charge is -2.06. The molecule has 0 fully saturated rings. The van der Waals surface area contributed by atoms with Gasteiger partial charge >= 0.3 is 0 Å². The van der Waals surface area contributed by atoms with Gasteiger partial charge in [-0.15, -0.1) is 0 Å². The SMILES string of the molecule is Cc1ccc(NC(=O)/C(C#N)=C/c2ccc(N(C)C)o2)cc1. The zero-order valence-electron chi connectivity index (χ0n) is 12.8. The predicted molar refractivity (Wildman–Crippen MR) is 86.4 cm³/mol.